The first-order chi connectivity index (χ1) is 8.37. The Morgan fingerprint density at radius 2 is 1.44 bits per heavy atom. The minimum Gasteiger partial charge on any atom is -0.744 e. The second kappa shape index (κ2) is 5.82. The fourth-order valence-electron chi connectivity index (χ4n) is 2.16. The highest BCUT2D eigenvalue weighted by Crippen LogP contribution is 2.16. The molecule has 0 unspecified atom stereocenters. The summed E-state index contributed by atoms with van der Waals surface area (Å²) in [5.41, 5.74) is 1.06. The Balaban J connectivity index is 2.93. The van der Waals surface area contributed by atoms with Crippen LogP contribution in [0.1, 0.15) is 26.3 Å². The Labute approximate surface area is 110 Å². The van der Waals surface area contributed by atoms with Gasteiger partial charge in [0.1, 0.15) is 16.7 Å². The van der Waals surface area contributed by atoms with E-state index in [-0.39, 0.29) is 4.90 Å². The van der Waals surface area contributed by atoms with E-state index in [0.29, 0.717) is 0 Å². The predicted octanol–water partition coefficient (Wildman–Crippen LogP) is 1.97. The normalized spacial score (nSPS) is 12.7. The molecule has 4 nitrogen and oxygen atoms in total. The van der Waals surface area contributed by atoms with Crippen molar-refractivity contribution in [2.45, 2.75) is 32.2 Å². The summed E-state index contributed by atoms with van der Waals surface area (Å²) < 4.78 is 33.5. The topological polar surface area (TPSA) is 57.2 Å². The SMILES string of the molecule is CC[N+](CC)(CC)Cc1ccc(S(=O)(=O)[O-])cc1. The molecule has 5 heteroatoms. The second-order valence-corrected chi connectivity index (χ2v) is 5.93. The number of hydrogen-bond donors (Lipinski definition) is 0. The maximum absolute atomic E-state index is 10.8. The lowest BCUT2D eigenvalue weighted by Gasteiger charge is -2.35. The van der Waals surface area contributed by atoms with Crippen LogP contribution < -0.4 is 0 Å². The van der Waals surface area contributed by atoms with E-state index in [1.54, 1.807) is 12.1 Å². The Bertz CT molecular complexity index is 467. The Kier molecular flexibility index (Phi) is 4.90. The molecular weight excluding hydrogens is 250 g/mol. The zero-order valence-corrected chi connectivity index (χ0v) is 12.0. The van der Waals surface area contributed by atoms with Gasteiger partial charge >= 0.3 is 0 Å². The lowest BCUT2D eigenvalue weighted by atomic mass is 10.2. The minimum atomic E-state index is -4.34. The van der Waals surface area contributed by atoms with Crippen molar-refractivity contribution in [1.29, 1.82) is 0 Å². The van der Waals surface area contributed by atoms with Gasteiger partial charge < -0.3 is 9.04 Å². The molecule has 0 aliphatic carbocycles. The molecule has 0 amide bonds. The Morgan fingerprint density at radius 3 is 1.78 bits per heavy atom. The predicted molar refractivity (Wildman–Crippen MR) is 70.0 cm³/mol. The number of quaternary nitrogens is 1. The third-order valence-corrected chi connectivity index (χ3v) is 4.59. The Morgan fingerprint density at radius 1 is 1.00 bits per heavy atom. The fraction of sp³-hybridized carbons (Fsp3) is 0.538. The molecule has 0 aliphatic heterocycles. The standard InChI is InChI=1S/C13H21NO3S/c1-4-14(5-2,6-3)11-12-7-9-13(10-8-12)18(15,16)17/h7-10H,4-6,11H2,1-3H3. The maximum atomic E-state index is 10.8. The molecule has 0 aliphatic rings. The molecule has 0 fully saturated rings. The molecule has 102 valence electrons. The van der Waals surface area contributed by atoms with E-state index in [1.165, 1.54) is 12.1 Å². The molecular formula is C13H21NO3S. The van der Waals surface area contributed by atoms with Crippen LogP contribution in [0.2, 0.25) is 0 Å². The smallest absolute Gasteiger partial charge is 0.124 e. The van der Waals surface area contributed by atoms with Gasteiger partial charge in [0.25, 0.3) is 0 Å². The molecule has 0 N–H and O–H groups in total. The van der Waals surface area contributed by atoms with Crippen LogP contribution in [0.3, 0.4) is 0 Å². The number of nitrogens with zero attached hydrogens (tertiary/aromatic N) is 1. The highest BCUT2D eigenvalue weighted by molar-refractivity contribution is 7.85. The van der Waals surface area contributed by atoms with Gasteiger partial charge in [-0.2, -0.15) is 0 Å². The molecule has 0 saturated heterocycles. The van der Waals surface area contributed by atoms with Gasteiger partial charge in [0.15, 0.2) is 0 Å². The van der Waals surface area contributed by atoms with Crippen molar-refractivity contribution in [2.75, 3.05) is 19.6 Å². The van der Waals surface area contributed by atoms with Crippen LogP contribution in [0.15, 0.2) is 29.2 Å². The largest absolute Gasteiger partial charge is 0.744 e. The van der Waals surface area contributed by atoms with Gasteiger partial charge in [-0.15, -0.1) is 0 Å². The lowest BCUT2D eigenvalue weighted by molar-refractivity contribution is -0.936. The van der Waals surface area contributed by atoms with Gasteiger partial charge in [-0.3, -0.25) is 0 Å². The fourth-order valence-corrected chi connectivity index (χ4v) is 2.62. The quantitative estimate of drug-likeness (QED) is 0.587. The van der Waals surface area contributed by atoms with Crippen LogP contribution in [0.5, 0.6) is 0 Å². The summed E-state index contributed by atoms with van der Waals surface area (Å²) in [5, 5.41) is 0. The summed E-state index contributed by atoms with van der Waals surface area (Å²) in [6.07, 6.45) is 0. The third-order valence-electron chi connectivity index (χ3n) is 3.74. The van der Waals surface area contributed by atoms with E-state index in [0.717, 1.165) is 36.2 Å². The molecule has 0 heterocycles. The van der Waals surface area contributed by atoms with Gasteiger partial charge in [-0.1, -0.05) is 12.1 Å². The van der Waals surface area contributed by atoms with E-state index in [9.17, 15) is 13.0 Å². The summed E-state index contributed by atoms with van der Waals surface area (Å²) in [6.45, 7) is 10.4. The average molecular weight is 271 g/mol. The van der Waals surface area contributed by atoms with E-state index >= 15 is 0 Å². The molecule has 0 saturated carbocycles. The molecule has 1 rings (SSSR count). The second-order valence-electron chi connectivity index (χ2n) is 4.55. The number of hydrogen-bond acceptors (Lipinski definition) is 3. The summed E-state index contributed by atoms with van der Waals surface area (Å²) in [4.78, 5) is -0.158. The number of rotatable bonds is 6. The summed E-state index contributed by atoms with van der Waals surface area (Å²) in [5.74, 6) is 0. The van der Waals surface area contributed by atoms with Crippen molar-refractivity contribution in [3.63, 3.8) is 0 Å². The van der Waals surface area contributed by atoms with E-state index in [4.69, 9.17) is 0 Å². The monoisotopic (exact) mass is 271 g/mol. The van der Waals surface area contributed by atoms with Gasteiger partial charge in [0.05, 0.1) is 24.5 Å². The van der Waals surface area contributed by atoms with E-state index in [1.807, 2.05) is 0 Å². The van der Waals surface area contributed by atoms with Crippen molar-refractivity contribution >= 4 is 10.1 Å². The number of benzene rings is 1. The van der Waals surface area contributed by atoms with Gasteiger partial charge in [-0.25, -0.2) is 8.42 Å². The molecule has 1 aromatic carbocycles. The summed E-state index contributed by atoms with van der Waals surface area (Å²) in [7, 11) is -4.34. The van der Waals surface area contributed by atoms with Crippen molar-refractivity contribution in [3.05, 3.63) is 29.8 Å². The molecule has 0 atom stereocenters. The molecule has 0 bridgehead atoms. The van der Waals surface area contributed by atoms with E-state index in [2.05, 4.69) is 20.8 Å². The molecule has 1 aromatic rings. The highest BCUT2D eigenvalue weighted by Gasteiger charge is 2.21. The summed E-state index contributed by atoms with van der Waals surface area (Å²) >= 11 is 0. The van der Waals surface area contributed by atoms with Crippen molar-refractivity contribution in [3.8, 4) is 0 Å². The van der Waals surface area contributed by atoms with Crippen LogP contribution in [-0.2, 0) is 16.7 Å². The molecule has 18 heavy (non-hydrogen) atoms. The molecule has 0 aromatic heterocycles. The van der Waals surface area contributed by atoms with Crippen LogP contribution in [-0.4, -0.2) is 37.1 Å². The van der Waals surface area contributed by atoms with Crippen molar-refractivity contribution in [2.24, 2.45) is 0 Å². The first-order valence-electron chi connectivity index (χ1n) is 6.27. The van der Waals surface area contributed by atoms with E-state index < -0.39 is 10.1 Å². The average Bonchev–Trinajstić information content (AvgIpc) is 2.36. The summed E-state index contributed by atoms with van der Waals surface area (Å²) in [6, 6.07) is 6.26. The molecule has 0 radical (unpaired) electrons. The first kappa shape index (κ1) is 15.1. The zero-order chi connectivity index (χ0) is 13.8. The molecule has 0 spiro atoms. The van der Waals surface area contributed by atoms with Crippen LogP contribution >= 0.6 is 0 Å². The Hall–Kier alpha value is -0.910. The van der Waals surface area contributed by atoms with Crippen molar-refractivity contribution in [1.82, 2.24) is 0 Å². The van der Waals surface area contributed by atoms with Gasteiger partial charge in [-0.05, 0) is 32.9 Å². The van der Waals surface area contributed by atoms with Crippen LogP contribution in [0, 0.1) is 0 Å². The lowest BCUT2D eigenvalue weighted by Crippen LogP contribution is -2.46. The zero-order valence-electron chi connectivity index (χ0n) is 11.2. The highest BCUT2D eigenvalue weighted by atomic mass is 32.2. The maximum Gasteiger partial charge on any atom is 0.124 e. The van der Waals surface area contributed by atoms with Gasteiger partial charge in [0, 0.05) is 5.56 Å². The van der Waals surface area contributed by atoms with Crippen molar-refractivity contribution < 1.29 is 17.5 Å². The first-order valence-corrected chi connectivity index (χ1v) is 7.67. The third kappa shape index (κ3) is 3.54. The van der Waals surface area contributed by atoms with Crippen LogP contribution in [0.4, 0.5) is 0 Å². The minimum absolute atomic E-state index is 0.158. The van der Waals surface area contributed by atoms with Gasteiger partial charge in [0.2, 0.25) is 0 Å². The van der Waals surface area contributed by atoms with Crippen LogP contribution in [0.25, 0.3) is 0 Å².